The summed E-state index contributed by atoms with van der Waals surface area (Å²) in [6.07, 6.45) is 2.82. The predicted molar refractivity (Wildman–Crippen MR) is 80.6 cm³/mol. The Morgan fingerprint density at radius 1 is 1.32 bits per heavy atom. The molecular weight excluding hydrogens is 236 g/mol. The highest BCUT2D eigenvalue weighted by molar-refractivity contribution is 5.54. The fraction of sp³-hybridized carbons (Fsp3) is 0.625. The second-order valence-corrected chi connectivity index (χ2v) is 5.99. The van der Waals surface area contributed by atoms with Crippen molar-refractivity contribution in [2.75, 3.05) is 25.0 Å². The molecule has 19 heavy (non-hydrogen) atoms. The van der Waals surface area contributed by atoms with Gasteiger partial charge in [-0.3, -0.25) is 0 Å². The molecule has 1 heterocycles. The number of aliphatic hydroxyl groups is 1. The molecule has 1 saturated heterocycles. The molecular formula is C16H26N2O. The van der Waals surface area contributed by atoms with Gasteiger partial charge in [0.2, 0.25) is 0 Å². The van der Waals surface area contributed by atoms with Gasteiger partial charge < -0.3 is 15.3 Å². The smallest absolute Gasteiger partial charge is 0.0637 e. The number of aryl methyl sites for hydroxylation is 1. The van der Waals surface area contributed by atoms with Crippen molar-refractivity contribution in [3.63, 3.8) is 0 Å². The third kappa shape index (κ3) is 3.71. The van der Waals surface area contributed by atoms with E-state index in [0.717, 1.165) is 38.9 Å². The summed E-state index contributed by atoms with van der Waals surface area (Å²) in [4.78, 5) is 2.42. The zero-order valence-electron chi connectivity index (χ0n) is 12.4. The maximum Gasteiger partial charge on any atom is 0.0637 e. The quantitative estimate of drug-likeness (QED) is 0.878. The number of anilines is 1. The lowest BCUT2D eigenvalue weighted by Crippen LogP contribution is -2.28. The zero-order chi connectivity index (χ0) is 13.9. The van der Waals surface area contributed by atoms with E-state index in [1.54, 1.807) is 0 Å². The Bertz CT molecular complexity index is 429. The van der Waals surface area contributed by atoms with Gasteiger partial charge in [0.15, 0.2) is 0 Å². The van der Waals surface area contributed by atoms with Crippen LogP contribution < -0.4 is 10.2 Å². The lowest BCUT2D eigenvalue weighted by molar-refractivity contribution is 0.0481. The van der Waals surface area contributed by atoms with Gasteiger partial charge in [-0.05, 0) is 57.4 Å². The molecule has 3 heteroatoms. The van der Waals surface area contributed by atoms with Crippen molar-refractivity contribution in [3.05, 3.63) is 29.3 Å². The largest absolute Gasteiger partial charge is 0.390 e. The van der Waals surface area contributed by atoms with Crippen molar-refractivity contribution in [2.45, 2.75) is 45.3 Å². The van der Waals surface area contributed by atoms with Crippen LogP contribution in [0.5, 0.6) is 0 Å². The first kappa shape index (κ1) is 14.4. The van der Waals surface area contributed by atoms with Crippen LogP contribution in [0.4, 0.5) is 5.69 Å². The molecule has 0 spiro atoms. The van der Waals surface area contributed by atoms with Crippen molar-refractivity contribution >= 4 is 5.69 Å². The van der Waals surface area contributed by atoms with Gasteiger partial charge in [0.05, 0.1) is 5.60 Å². The van der Waals surface area contributed by atoms with E-state index in [1.165, 1.54) is 16.8 Å². The average molecular weight is 262 g/mol. The van der Waals surface area contributed by atoms with Crippen molar-refractivity contribution in [3.8, 4) is 0 Å². The van der Waals surface area contributed by atoms with Crippen molar-refractivity contribution < 1.29 is 5.11 Å². The van der Waals surface area contributed by atoms with E-state index in [4.69, 9.17) is 0 Å². The maximum atomic E-state index is 10.2. The molecule has 1 aliphatic rings. The fourth-order valence-electron chi connectivity index (χ4n) is 2.89. The first-order chi connectivity index (χ1) is 9.02. The van der Waals surface area contributed by atoms with Crippen LogP contribution in [0.25, 0.3) is 0 Å². The van der Waals surface area contributed by atoms with Crippen molar-refractivity contribution in [2.24, 2.45) is 0 Å². The van der Waals surface area contributed by atoms with Gasteiger partial charge in [0, 0.05) is 25.3 Å². The molecule has 2 N–H and O–H groups in total. The number of nitrogens with zero attached hydrogens (tertiary/aromatic N) is 1. The molecule has 0 aliphatic carbocycles. The third-order valence-electron chi connectivity index (χ3n) is 4.05. The zero-order valence-corrected chi connectivity index (χ0v) is 12.4. The summed E-state index contributed by atoms with van der Waals surface area (Å²) in [5, 5.41) is 13.4. The molecule has 106 valence electrons. The van der Waals surface area contributed by atoms with Crippen LogP contribution in [-0.4, -0.2) is 30.8 Å². The minimum absolute atomic E-state index is 0.491. The van der Waals surface area contributed by atoms with Gasteiger partial charge in [-0.2, -0.15) is 0 Å². The van der Waals surface area contributed by atoms with E-state index in [9.17, 15) is 5.11 Å². The standard InChI is InChI=1S/C16H26N2O/c1-13-11-14(12-17-3)5-6-15(13)18-9-4-7-16(2,19)8-10-18/h5-6,11,17,19H,4,7-10,12H2,1-3H3. The van der Waals surface area contributed by atoms with Crippen molar-refractivity contribution in [1.29, 1.82) is 0 Å². The Labute approximate surface area is 116 Å². The Morgan fingerprint density at radius 2 is 2.11 bits per heavy atom. The van der Waals surface area contributed by atoms with Crippen LogP contribution >= 0.6 is 0 Å². The molecule has 0 bridgehead atoms. The van der Waals surface area contributed by atoms with E-state index in [-0.39, 0.29) is 0 Å². The summed E-state index contributed by atoms with van der Waals surface area (Å²) >= 11 is 0. The van der Waals surface area contributed by atoms with Gasteiger partial charge in [0.1, 0.15) is 0 Å². The molecule has 0 saturated carbocycles. The van der Waals surface area contributed by atoms with E-state index >= 15 is 0 Å². The first-order valence-corrected chi connectivity index (χ1v) is 7.23. The molecule has 3 nitrogen and oxygen atoms in total. The van der Waals surface area contributed by atoms with Gasteiger partial charge in [0.25, 0.3) is 0 Å². The highest BCUT2D eigenvalue weighted by Crippen LogP contribution is 2.27. The maximum absolute atomic E-state index is 10.2. The SMILES string of the molecule is CNCc1ccc(N2CCCC(C)(O)CC2)c(C)c1. The summed E-state index contributed by atoms with van der Waals surface area (Å²) in [6.45, 7) is 7.04. The number of nitrogens with one attached hydrogen (secondary N) is 1. The van der Waals surface area contributed by atoms with E-state index in [0.29, 0.717) is 0 Å². The van der Waals surface area contributed by atoms with Gasteiger partial charge in [-0.15, -0.1) is 0 Å². The molecule has 1 fully saturated rings. The molecule has 2 rings (SSSR count). The van der Waals surface area contributed by atoms with E-state index in [2.05, 4.69) is 35.3 Å². The van der Waals surface area contributed by atoms with Gasteiger partial charge in [-0.25, -0.2) is 0 Å². The molecule has 1 aromatic carbocycles. The first-order valence-electron chi connectivity index (χ1n) is 7.23. The van der Waals surface area contributed by atoms with Crippen LogP contribution in [-0.2, 0) is 6.54 Å². The lowest BCUT2D eigenvalue weighted by Gasteiger charge is -2.26. The normalized spacial score (nSPS) is 24.3. The minimum atomic E-state index is -0.491. The van der Waals surface area contributed by atoms with Crippen LogP contribution in [0.15, 0.2) is 18.2 Å². The number of rotatable bonds is 3. The Balaban J connectivity index is 2.13. The van der Waals surface area contributed by atoms with Crippen molar-refractivity contribution in [1.82, 2.24) is 5.32 Å². The molecule has 1 atom stereocenters. The minimum Gasteiger partial charge on any atom is -0.390 e. The summed E-state index contributed by atoms with van der Waals surface area (Å²) < 4.78 is 0. The van der Waals surface area contributed by atoms with Crippen LogP contribution in [0.2, 0.25) is 0 Å². The Morgan fingerprint density at radius 3 is 2.79 bits per heavy atom. The molecule has 0 amide bonds. The van der Waals surface area contributed by atoms with E-state index in [1.807, 2.05) is 14.0 Å². The van der Waals surface area contributed by atoms with Crippen LogP contribution in [0, 0.1) is 6.92 Å². The number of benzene rings is 1. The number of hydrogen-bond acceptors (Lipinski definition) is 3. The average Bonchev–Trinajstić information content (AvgIpc) is 2.51. The summed E-state index contributed by atoms with van der Waals surface area (Å²) in [7, 11) is 1.97. The predicted octanol–water partition coefficient (Wildman–Crippen LogP) is 2.46. The highest BCUT2D eigenvalue weighted by Gasteiger charge is 2.25. The molecule has 1 unspecified atom stereocenters. The molecule has 0 radical (unpaired) electrons. The van der Waals surface area contributed by atoms with E-state index < -0.39 is 5.60 Å². The number of hydrogen-bond donors (Lipinski definition) is 2. The lowest BCUT2D eigenvalue weighted by atomic mass is 9.98. The van der Waals surface area contributed by atoms with Crippen LogP contribution in [0.1, 0.15) is 37.3 Å². The van der Waals surface area contributed by atoms with Gasteiger partial charge >= 0.3 is 0 Å². The summed E-state index contributed by atoms with van der Waals surface area (Å²) in [6, 6.07) is 6.68. The third-order valence-corrected chi connectivity index (χ3v) is 4.05. The Hall–Kier alpha value is -1.06. The Kier molecular flexibility index (Phi) is 4.48. The summed E-state index contributed by atoms with van der Waals surface area (Å²) in [5.74, 6) is 0. The highest BCUT2D eigenvalue weighted by atomic mass is 16.3. The second kappa shape index (κ2) is 5.93. The monoisotopic (exact) mass is 262 g/mol. The fourth-order valence-corrected chi connectivity index (χ4v) is 2.89. The molecule has 1 aromatic rings. The van der Waals surface area contributed by atoms with Crippen LogP contribution in [0.3, 0.4) is 0 Å². The topological polar surface area (TPSA) is 35.5 Å². The van der Waals surface area contributed by atoms with Gasteiger partial charge in [-0.1, -0.05) is 12.1 Å². The molecule has 1 aliphatic heterocycles. The molecule has 0 aromatic heterocycles. The second-order valence-electron chi connectivity index (χ2n) is 5.99. The summed E-state index contributed by atoms with van der Waals surface area (Å²) in [5.41, 5.74) is 3.48.